The van der Waals surface area contributed by atoms with Gasteiger partial charge in [0.25, 0.3) is 5.91 Å². The van der Waals surface area contributed by atoms with Crippen LogP contribution in [0.15, 0.2) is 53.1 Å². The number of methoxy groups -OCH3 is 1. The second-order valence-corrected chi connectivity index (χ2v) is 6.74. The van der Waals surface area contributed by atoms with Crippen molar-refractivity contribution in [1.82, 2.24) is 20.4 Å². The first kappa shape index (κ1) is 20.3. The van der Waals surface area contributed by atoms with Crippen LogP contribution in [0.2, 0.25) is 0 Å². The minimum atomic E-state index is -0.0551. The summed E-state index contributed by atoms with van der Waals surface area (Å²) in [4.78, 5) is 17.8. The number of ether oxygens (including phenoxy) is 1. The predicted molar refractivity (Wildman–Crippen MR) is 114 cm³/mol. The number of anilines is 1. The molecule has 1 aromatic heterocycles. The average Bonchev–Trinajstić information content (AvgIpc) is 3.21. The monoisotopic (exact) mass is 411 g/mol. The molecule has 150 valence electrons. The number of amides is 1. The Morgan fingerprint density at radius 3 is 2.66 bits per heavy atom. The molecule has 0 fully saturated rings. The fourth-order valence-corrected chi connectivity index (χ4v) is 2.68. The topological polar surface area (TPSA) is 92.5 Å². The van der Waals surface area contributed by atoms with Crippen molar-refractivity contribution in [3.8, 4) is 17.1 Å². The van der Waals surface area contributed by atoms with E-state index < -0.39 is 0 Å². The highest BCUT2D eigenvalue weighted by atomic mass is 32.1. The van der Waals surface area contributed by atoms with Crippen molar-refractivity contribution >= 4 is 28.9 Å². The third-order valence-electron chi connectivity index (χ3n) is 3.99. The SMILES string of the molecule is COc1cccc(-c2noc(CNC(=S)Nc3ccc(C(=O)N(C)C)cc3)n2)c1. The van der Waals surface area contributed by atoms with E-state index in [2.05, 4.69) is 20.8 Å². The molecule has 0 saturated carbocycles. The fraction of sp³-hybridized carbons (Fsp3) is 0.200. The van der Waals surface area contributed by atoms with Crippen LogP contribution in [0.25, 0.3) is 11.4 Å². The molecule has 3 rings (SSSR count). The first-order valence-electron chi connectivity index (χ1n) is 8.80. The molecule has 1 amide bonds. The number of benzene rings is 2. The molecule has 0 aliphatic rings. The molecule has 0 unspecified atom stereocenters. The van der Waals surface area contributed by atoms with E-state index in [1.807, 2.05) is 24.3 Å². The van der Waals surface area contributed by atoms with Crippen molar-refractivity contribution in [3.63, 3.8) is 0 Å². The van der Waals surface area contributed by atoms with E-state index in [-0.39, 0.29) is 12.5 Å². The highest BCUT2D eigenvalue weighted by molar-refractivity contribution is 7.80. The maximum absolute atomic E-state index is 11.9. The van der Waals surface area contributed by atoms with Gasteiger partial charge in [-0.15, -0.1) is 0 Å². The Morgan fingerprint density at radius 1 is 1.21 bits per heavy atom. The van der Waals surface area contributed by atoms with E-state index >= 15 is 0 Å². The van der Waals surface area contributed by atoms with Crippen LogP contribution in [0, 0.1) is 0 Å². The van der Waals surface area contributed by atoms with Crippen LogP contribution < -0.4 is 15.4 Å². The zero-order valence-corrected chi connectivity index (χ0v) is 17.1. The zero-order chi connectivity index (χ0) is 20.8. The molecular formula is C20H21N5O3S. The van der Waals surface area contributed by atoms with Crippen LogP contribution in [-0.2, 0) is 6.54 Å². The number of thiocarbonyl (C=S) groups is 1. The lowest BCUT2D eigenvalue weighted by Gasteiger charge is -2.12. The Hall–Kier alpha value is -3.46. The van der Waals surface area contributed by atoms with E-state index in [4.69, 9.17) is 21.5 Å². The zero-order valence-electron chi connectivity index (χ0n) is 16.3. The maximum Gasteiger partial charge on any atom is 0.253 e. The number of rotatable bonds is 6. The Bertz CT molecular complexity index is 1000. The molecule has 0 bridgehead atoms. The number of aromatic nitrogens is 2. The molecule has 0 aliphatic carbocycles. The van der Waals surface area contributed by atoms with Crippen molar-refractivity contribution in [2.24, 2.45) is 0 Å². The minimum Gasteiger partial charge on any atom is -0.497 e. The number of carbonyl (C=O) groups is 1. The highest BCUT2D eigenvalue weighted by Crippen LogP contribution is 2.21. The lowest BCUT2D eigenvalue weighted by Crippen LogP contribution is -2.28. The van der Waals surface area contributed by atoms with Gasteiger partial charge in [0.1, 0.15) is 5.75 Å². The van der Waals surface area contributed by atoms with E-state index in [0.717, 1.165) is 17.0 Å². The first-order valence-corrected chi connectivity index (χ1v) is 9.20. The molecule has 1 heterocycles. The van der Waals surface area contributed by atoms with E-state index in [9.17, 15) is 4.79 Å². The molecule has 0 spiro atoms. The van der Waals surface area contributed by atoms with Crippen molar-refractivity contribution in [1.29, 1.82) is 0 Å². The van der Waals surface area contributed by atoms with E-state index in [1.165, 1.54) is 4.90 Å². The number of nitrogens with zero attached hydrogens (tertiary/aromatic N) is 3. The first-order chi connectivity index (χ1) is 14.0. The van der Waals surface area contributed by atoms with Crippen molar-refractivity contribution < 1.29 is 14.1 Å². The molecule has 8 nitrogen and oxygen atoms in total. The summed E-state index contributed by atoms with van der Waals surface area (Å²) in [6.07, 6.45) is 0. The van der Waals surface area contributed by atoms with Crippen molar-refractivity contribution in [3.05, 3.63) is 60.0 Å². The summed E-state index contributed by atoms with van der Waals surface area (Å²) in [7, 11) is 5.03. The van der Waals surface area contributed by atoms with Crippen LogP contribution in [-0.4, -0.2) is 47.3 Å². The quantitative estimate of drug-likeness (QED) is 0.598. The van der Waals surface area contributed by atoms with Crippen LogP contribution in [0.5, 0.6) is 5.75 Å². The van der Waals surface area contributed by atoms with Gasteiger partial charge in [-0.05, 0) is 48.6 Å². The molecule has 2 N–H and O–H groups in total. The Labute approximate surface area is 173 Å². The molecule has 29 heavy (non-hydrogen) atoms. The van der Waals surface area contributed by atoms with Gasteiger partial charge in [0.2, 0.25) is 11.7 Å². The van der Waals surface area contributed by atoms with Gasteiger partial charge in [0, 0.05) is 30.9 Å². The summed E-state index contributed by atoms with van der Waals surface area (Å²) in [5.74, 6) is 1.54. The standard InChI is InChI=1S/C20H21N5O3S/c1-25(2)19(26)13-7-9-15(10-8-13)22-20(29)21-12-17-23-18(24-28-17)14-5-4-6-16(11-14)27-3/h4-11H,12H2,1-3H3,(H2,21,22,29). The predicted octanol–water partition coefficient (Wildman–Crippen LogP) is 2.93. The fourth-order valence-electron chi connectivity index (χ4n) is 2.49. The summed E-state index contributed by atoms with van der Waals surface area (Å²) < 4.78 is 10.5. The molecule has 0 atom stereocenters. The number of hydrogen-bond acceptors (Lipinski definition) is 6. The van der Waals surface area contributed by atoms with Gasteiger partial charge in [-0.3, -0.25) is 4.79 Å². The van der Waals surface area contributed by atoms with Crippen LogP contribution in [0.3, 0.4) is 0 Å². The Morgan fingerprint density at radius 2 is 1.97 bits per heavy atom. The van der Waals surface area contributed by atoms with Gasteiger partial charge < -0.3 is 24.8 Å². The van der Waals surface area contributed by atoms with Gasteiger partial charge in [0.15, 0.2) is 5.11 Å². The maximum atomic E-state index is 11.9. The number of nitrogens with one attached hydrogen (secondary N) is 2. The van der Waals surface area contributed by atoms with E-state index in [0.29, 0.717) is 22.4 Å². The number of carbonyl (C=O) groups excluding carboxylic acids is 1. The van der Waals surface area contributed by atoms with Crippen LogP contribution in [0.4, 0.5) is 5.69 Å². The van der Waals surface area contributed by atoms with Gasteiger partial charge in [0.05, 0.1) is 13.7 Å². The van der Waals surface area contributed by atoms with Crippen LogP contribution >= 0.6 is 12.2 Å². The number of hydrogen-bond donors (Lipinski definition) is 2. The van der Waals surface area contributed by atoms with E-state index in [1.54, 1.807) is 45.5 Å². The summed E-state index contributed by atoms with van der Waals surface area (Å²) in [5, 5.41) is 10.4. The minimum absolute atomic E-state index is 0.0551. The summed E-state index contributed by atoms with van der Waals surface area (Å²) >= 11 is 5.29. The summed E-state index contributed by atoms with van der Waals surface area (Å²) in [5.41, 5.74) is 2.17. The summed E-state index contributed by atoms with van der Waals surface area (Å²) in [6.45, 7) is 0.278. The van der Waals surface area contributed by atoms with Crippen molar-refractivity contribution in [2.45, 2.75) is 6.54 Å². The third kappa shape index (κ3) is 5.29. The normalized spacial score (nSPS) is 10.3. The van der Waals surface area contributed by atoms with Gasteiger partial charge in [-0.1, -0.05) is 17.3 Å². The molecule has 0 aliphatic heterocycles. The van der Waals surface area contributed by atoms with Crippen LogP contribution in [0.1, 0.15) is 16.2 Å². The molecule has 0 saturated heterocycles. The van der Waals surface area contributed by atoms with Gasteiger partial charge >= 0.3 is 0 Å². The Kier molecular flexibility index (Phi) is 6.40. The molecule has 9 heteroatoms. The average molecular weight is 411 g/mol. The van der Waals surface area contributed by atoms with Gasteiger partial charge in [-0.25, -0.2) is 0 Å². The lowest BCUT2D eigenvalue weighted by molar-refractivity contribution is 0.0827. The lowest BCUT2D eigenvalue weighted by atomic mass is 10.2. The molecular weight excluding hydrogens is 390 g/mol. The molecule has 3 aromatic rings. The second-order valence-electron chi connectivity index (χ2n) is 6.33. The largest absolute Gasteiger partial charge is 0.497 e. The molecule has 2 aromatic carbocycles. The second kappa shape index (κ2) is 9.16. The Balaban J connectivity index is 1.54. The smallest absolute Gasteiger partial charge is 0.253 e. The molecule has 0 radical (unpaired) electrons. The van der Waals surface area contributed by atoms with Gasteiger partial charge in [-0.2, -0.15) is 4.98 Å². The highest BCUT2D eigenvalue weighted by Gasteiger charge is 2.10. The van der Waals surface area contributed by atoms with Crippen molar-refractivity contribution in [2.75, 3.05) is 26.5 Å². The third-order valence-corrected chi connectivity index (χ3v) is 4.24. The summed E-state index contributed by atoms with van der Waals surface area (Å²) in [6, 6.07) is 14.5.